The highest BCUT2D eigenvalue weighted by Gasteiger charge is 2.20. The molecule has 7 heteroatoms. The quantitative estimate of drug-likeness (QED) is 0.892. The van der Waals surface area contributed by atoms with Crippen LogP contribution < -0.4 is 10.6 Å². The Hall–Kier alpha value is -0.620. The van der Waals surface area contributed by atoms with Gasteiger partial charge in [-0.15, -0.1) is 24.8 Å². The lowest BCUT2D eigenvalue weighted by Gasteiger charge is -2.24. The van der Waals surface area contributed by atoms with Crippen molar-refractivity contribution in [3.05, 3.63) is 18.1 Å². The predicted molar refractivity (Wildman–Crippen MR) is 84.2 cm³/mol. The summed E-state index contributed by atoms with van der Waals surface area (Å²) < 4.78 is 5.41. The summed E-state index contributed by atoms with van der Waals surface area (Å²) >= 11 is 0. The van der Waals surface area contributed by atoms with Crippen molar-refractivity contribution in [1.82, 2.24) is 15.3 Å². The van der Waals surface area contributed by atoms with Crippen molar-refractivity contribution >= 4 is 30.6 Å². The van der Waals surface area contributed by atoms with Gasteiger partial charge in [0.15, 0.2) is 0 Å². The van der Waals surface area contributed by atoms with Crippen LogP contribution in [0.1, 0.15) is 30.9 Å². The SMILES string of the molecule is Cl.Cl.c1nc(NC2CCNCC2)cc(C2CCOC2)n1. The average Bonchev–Trinajstić information content (AvgIpc) is 2.94. The van der Waals surface area contributed by atoms with Crippen molar-refractivity contribution in [3.8, 4) is 0 Å². The van der Waals surface area contributed by atoms with E-state index in [-0.39, 0.29) is 24.8 Å². The molecule has 0 aromatic carbocycles. The summed E-state index contributed by atoms with van der Waals surface area (Å²) in [5.74, 6) is 1.40. The second-order valence-electron chi connectivity index (χ2n) is 5.06. The van der Waals surface area contributed by atoms with Crippen LogP contribution >= 0.6 is 24.8 Å². The van der Waals surface area contributed by atoms with Crippen LogP contribution in [0.3, 0.4) is 0 Å². The van der Waals surface area contributed by atoms with Gasteiger partial charge in [0.05, 0.1) is 12.3 Å². The molecule has 1 unspecified atom stereocenters. The van der Waals surface area contributed by atoms with E-state index in [1.54, 1.807) is 6.33 Å². The molecule has 5 nitrogen and oxygen atoms in total. The highest BCUT2D eigenvalue weighted by Crippen LogP contribution is 2.24. The lowest BCUT2D eigenvalue weighted by Crippen LogP contribution is -2.35. The summed E-state index contributed by atoms with van der Waals surface area (Å²) in [6, 6.07) is 2.62. The van der Waals surface area contributed by atoms with Gasteiger partial charge in [-0.25, -0.2) is 9.97 Å². The number of nitrogens with zero attached hydrogens (tertiary/aromatic N) is 2. The van der Waals surface area contributed by atoms with E-state index < -0.39 is 0 Å². The van der Waals surface area contributed by atoms with Gasteiger partial charge in [0.1, 0.15) is 12.1 Å². The fourth-order valence-corrected chi connectivity index (χ4v) is 2.62. The molecule has 1 aromatic rings. The van der Waals surface area contributed by atoms with Gasteiger partial charge < -0.3 is 15.4 Å². The second-order valence-corrected chi connectivity index (χ2v) is 5.06. The van der Waals surface area contributed by atoms with Crippen molar-refractivity contribution in [2.45, 2.75) is 31.2 Å². The standard InChI is InChI=1S/C13H20N4O.2ClH/c1-4-14-5-2-11(1)17-13-7-12(15-9-16-13)10-3-6-18-8-10;;/h7,9-11,14H,1-6,8H2,(H,15,16,17);2*1H. The van der Waals surface area contributed by atoms with E-state index in [4.69, 9.17) is 4.74 Å². The van der Waals surface area contributed by atoms with Crippen LogP contribution in [-0.2, 0) is 4.74 Å². The molecule has 3 heterocycles. The molecule has 20 heavy (non-hydrogen) atoms. The zero-order chi connectivity index (χ0) is 12.2. The molecule has 0 aliphatic carbocycles. The van der Waals surface area contributed by atoms with Crippen LogP contribution in [0.5, 0.6) is 0 Å². The van der Waals surface area contributed by atoms with Gasteiger partial charge in [-0.05, 0) is 32.4 Å². The van der Waals surface area contributed by atoms with E-state index in [9.17, 15) is 0 Å². The molecule has 0 bridgehead atoms. The smallest absolute Gasteiger partial charge is 0.129 e. The average molecular weight is 321 g/mol. The van der Waals surface area contributed by atoms with Crippen LogP contribution in [0.25, 0.3) is 0 Å². The third kappa shape index (κ3) is 4.45. The van der Waals surface area contributed by atoms with Crippen LogP contribution in [0.4, 0.5) is 5.82 Å². The summed E-state index contributed by atoms with van der Waals surface area (Å²) in [5.41, 5.74) is 1.11. The van der Waals surface area contributed by atoms with E-state index in [2.05, 4.69) is 26.7 Å². The second kappa shape index (κ2) is 8.62. The number of hydrogen-bond donors (Lipinski definition) is 2. The molecule has 2 aliphatic heterocycles. The number of aromatic nitrogens is 2. The molecular weight excluding hydrogens is 299 g/mol. The molecular formula is C13H22Cl2N4O. The summed E-state index contributed by atoms with van der Waals surface area (Å²) in [6.07, 6.45) is 5.05. The number of hydrogen-bond acceptors (Lipinski definition) is 5. The van der Waals surface area contributed by atoms with Crippen molar-refractivity contribution in [1.29, 1.82) is 0 Å². The monoisotopic (exact) mass is 320 g/mol. The molecule has 114 valence electrons. The Balaban J connectivity index is 0.000001000. The fraction of sp³-hybridized carbons (Fsp3) is 0.692. The molecule has 1 atom stereocenters. The van der Waals surface area contributed by atoms with Gasteiger partial charge in [-0.1, -0.05) is 0 Å². The fourth-order valence-electron chi connectivity index (χ4n) is 2.62. The minimum atomic E-state index is 0. The van der Waals surface area contributed by atoms with Crippen molar-refractivity contribution < 1.29 is 4.74 Å². The van der Waals surface area contributed by atoms with Gasteiger partial charge in [-0.3, -0.25) is 0 Å². The Morgan fingerprint density at radius 1 is 1.15 bits per heavy atom. The minimum absolute atomic E-state index is 0. The maximum absolute atomic E-state index is 5.41. The first kappa shape index (κ1) is 17.4. The van der Waals surface area contributed by atoms with Crippen LogP contribution in [0, 0.1) is 0 Å². The first-order valence-corrected chi connectivity index (χ1v) is 6.79. The van der Waals surface area contributed by atoms with Gasteiger partial charge in [0, 0.05) is 24.6 Å². The normalized spacial score (nSPS) is 22.7. The molecule has 0 radical (unpaired) electrons. The lowest BCUT2D eigenvalue weighted by molar-refractivity contribution is 0.193. The third-order valence-electron chi connectivity index (χ3n) is 3.73. The molecule has 0 spiro atoms. The number of nitrogens with one attached hydrogen (secondary N) is 2. The van der Waals surface area contributed by atoms with E-state index in [0.717, 1.165) is 57.1 Å². The molecule has 3 rings (SSSR count). The van der Waals surface area contributed by atoms with Crippen molar-refractivity contribution in [3.63, 3.8) is 0 Å². The molecule has 0 saturated carbocycles. The highest BCUT2D eigenvalue weighted by atomic mass is 35.5. The van der Waals surface area contributed by atoms with Crippen LogP contribution in [-0.4, -0.2) is 42.3 Å². The number of ether oxygens (including phenoxy) is 1. The minimum Gasteiger partial charge on any atom is -0.381 e. The molecule has 2 fully saturated rings. The Morgan fingerprint density at radius 3 is 2.65 bits per heavy atom. The summed E-state index contributed by atoms with van der Waals surface area (Å²) in [7, 11) is 0. The summed E-state index contributed by atoms with van der Waals surface area (Å²) in [4.78, 5) is 8.69. The van der Waals surface area contributed by atoms with Crippen molar-refractivity contribution in [2.24, 2.45) is 0 Å². The molecule has 2 saturated heterocycles. The summed E-state index contributed by atoms with van der Waals surface area (Å²) in [6.45, 7) is 3.83. The molecule has 1 aromatic heterocycles. The van der Waals surface area contributed by atoms with E-state index in [1.165, 1.54) is 0 Å². The van der Waals surface area contributed by atoms with Crippen molar-refractivity contribution in [2.75, 3.05) is 31.6 Å². The first-order chi connectivity index (χ1) is 8.92. The maximum atomic E-state index is 5.41. The Kier molecular flexibility index (Phi) is 7.51. The highest BCUT2D eigenvalue weighted by molar-refractivity contribution is 5.85. The van der Waals surface area contributed by atoms with E-state index >= 15 is 0 Å². The number of piperidine rings is 1. The molecule has 2 aliphatic rings. The largest absolute Gasteiger partial charge is 0.381 e. The third-order valence-corrected chi connectivity index (χ3v) is 3.73. The van der Waals surface area contributed by atoms with E-state index in [0.29, 0.717) is 12.0 Å². The van der Waals surface area contributed by atoms with Crippen LogP contribution in [0.15, 0.2) is 12.4 Å². The van der Waals surface area contributed by atoms with E-state index in [1.807, 2.05) is 0 Å². The molecule has 2 N–H and O–H groups in total. The topological polar surface area (TPSA) is 59.1 Å². The zero-order valence-electron chi connectivity index (χ0n) is 11.4. The maximum Gasteiger partial charge on any atom is 0.129 e. The lowest BCUT2D eigenvalue weighted by atomic mass is 10.0. The Labute approximate surface area is 132 Å². The zero-order valence-corrected chi connectivity index (χ0v) is 13.0. The first-order valence-electron chi connectivity index (χ1n) is 6.79. The molecule has 0 amide bonds. The van der Waals surface area contributed by atoms with Gasteiger partial charge >= 0.3 is 0 Å². The number of rotatable bonds is 3. The van der Waals surface area contributed by atoms with Gasteiger partial charge in [-0.2, -0.15) is 0 Å². The van der Waals surface area contributed by atoms with Crippen LogP contribution in [0.2, 0.25) is 0 Å². The Morgan fingerprint density at radius 2 is 1.95 bits per heavy atom. The van der Waals surface area contributed by atoms with Gasteiger partial charge in [0.2, 0.25) is 0 Å². The Bertz CT molecular complexity index is 396. The van der Waals surface area contributed by atoms with Gasteiger partial charge in [0.25, 0.3) is 0 Å². The summed E-state index contributed by atoms with van der Waals surface area (Å²) in [5, 5.41) is 6.88. The number of halogens is 2. The number of anilines is 1. The predicted octanol–water partition coefficient (Wildman–Crippen LogP) is 1.99.